The van der Waals surface area contributed by atoms with E-state index in [0.29, 0.717) is 23.9 Å². The van der Waals surface area contributed by atoms with Crippen molar-refractivity contribution in [3.63, 3.8) is 0 Å². The third-order valence-corrected chi connectivity index (χ3v) is 4.85. The van der Waals surface area contributed by atoms with E-state index in [4.69, 9.17) is 14.2 Å². The number of rotatable bonds is 7. The molecule has 3 aromatic rings. The summed E-state index contributed by atoms with van der Waals surface area (Å²) in [5.41, 5.74) is 0. The fraction of sp³-hybridized carbons (Fsp3) is 0.300. The molecule has 1 aliphatic rings. The minimum Gasteiger partial charge on any atom is -0.487 e. The topological polar surface area (TPSA) is 65.5 Å². The van der Waals surface area contributed by atoms with Crippen LogP contribution in [0.25, 0.3) is 0 Å². The van der Waals surface area contributed by atoms with Crippen LogP contribution in [0.15, 0.2) is 54.2 Å². The Morgan fingerprint density at radius 1 is 1.15 bits per heavy atom. The Hall–Kier alpha value is -2.64. The van der Waals surface area contributed by atoms with Crippen LogP contribution < -0.4 is 14.8 Å². The number of hydrogen-bond acceptors (Lipinski definition) is 7. The van der Waals surface area contributed by atoms with E-state index in [1.54, 1.807) is 12.4 Å². The van der Waals surface area contributed by atoms with Crippen molar-refractivity contribution in [2.75, 3.05) is 18.5 Å². The number of nitrogens with zero attached hydrogens (tertiary/aromatic N) is 2. The van der Waals surface area contributed by atoms with Crippen LogP contribution >= 0.6 is 11.3 Å². The van der Waals surface area contributed by atoms with Gasteiger partial charge in [-0.25, -0.2) is 9.97 Å². The third-order valence-electron chi connectivity index (χ3n) is 4.16. The average Bonchev–Trinajstić information content (AvgIpc) is 3.23. The summed E-state index contributed by atoms with van der Waals surface area (Å²) in [5, 5.41) is 5.88. The lowest BCUT2D eigenvalue weighted by Gasteiger charge is -2.23. The number of hydrogen-bond donors (Lipinski definition) is 1. The molecule has 1 unspecified atom stereocenters. The van der Waals surface area contributed by atoms with Crippen molar-refractivity contribution < 1.29 is 14.2 Å². The molecule has 1 aromatic carbocycles. The molecule has 1 N–H and O–H groups in total. The highest BCUT2D eigenvalue weighted by Gasteiger charge is 2.17. The predicted molar refractivity (Wildman–Crippen MR) is 105 cm³/mol. The van der Waals surface area contributed by atoms with Gasteiger partial charge < -0.3 is 19.5 Å². The van der Waals surface area contributed by atoms with Gasteiger partial charge in [-0.15, -0.1) is 11.3 Å². The van der Waals surface area contributed by atoms with Crippen LogP contribution in [0.2, 0.25) is 0 Å². The van der Waals surface area contributed by atoms with Crippen LogP contribution in [0.4, 0.5) is 10.9 Å². The lowest BCUT2D eigenvalue weighted by molar-refractivity contribution is -0.0110. The molecule has 1 fully saturated rings. The van der Waals surface area contributed by atoms with Gasteiger partial charge in [0.05, 0.1) is 12.3 Å². The summed E-state index contributed by atoms with van der Waals surface area (Å²) in [7, 11) is 0. The van der Waals surface area contributed by atoms with Crippen molar-refractivity contribution in [1.82, 2.24) is 9.97 Å². The Balaban J connectivity index is 1.52. The molecule has 0 aliphatic carbocycles. The van der Waals surface area contributed by atoms with Crippen LogP contribution in [0.1, 0.15) is 19.3 Å². The highest BCUT2D eigenvalue weighted by Crippen LogP contribution is 2.32. The maximum atomic E-state index is 6.05. The normalized spacial score (nSPS) is 16.7. The zero-order valence-electron chi connectivity index (χ0n) is 14.8. The molecule has 7 heteroatoms. The second-order valence-corrected chi connectivity index (χ2v) is 7.09. The highest BCUT2D eigenvalue weighted by molar-refractivity contribution is 7.13. The number of anilines is 2. The molecule has 27 heavy (non-hydrogen) atoms. The fourth-order valence-electron chi connectivity index (χ4n) is 2.82. The molecule has 0 radical (unpaired) electrons. The summed E-state index contributed by atoms with van der Waals surface area (Å²) in [6.07, 6.45) is 6.85. The van der Waals surface area contributed by atoms with Gasteiger partial charge in [0.1, 0.15) is 18.1 Å². The van der Waals surface area contributed by atoms with E-state index in [2.05, 4.69) is 15.3 Å². The molecule has 1 saturated heterocycles. The van der Waals surface area contributed by atoms with Gasteiger partial charge in [-0.2, -0.15) is 0 Å². The molecular formula is C20H21N3O3S. The zero-order chi connectivity index (χ0) is 18.3. The minimum absolute atomic E-state index is 0.116. The number of pyridine rings is 1. The molecular weight excluding hydrogens is 362 g/mol. The zero-order valence-corrected chi connectivity index (χ0v) is 15.7. The third kappa shape index (κ3) is 4.96. The number of aromatic nitrogens is 2. The maximum absolute atomic E-state index is 6.05. The molecule has 0 saturated carbocycles. The van der Waals surface area contributed by atoms with Crippen LogP contribution in [-0.4, -0.2) is 29.3 Å². The van der Waals surface area contributed by atoms with Gasteiger partial charge in [-0.3, -0.25) is 0 Å². The summed E-state index contributed by atoms with van der Waals surface area (Å²) in [6.45, 7) is 1.29. The van der Waals surface area contributed by atoms with Gasteiger partial charge in [0, 0.05) is 24.3 Å². The number of nitrogens with one attached hydrogen (secondary N) is 1. The van der Waals surface area contributed by atoms with E-state index in [0.717, 1.165) is 30.3 Å². The molecule has 1 aliphatic heterocycles. The lowest BCUT2D eigenvalue weighted by atomic mass is 10.1. The monoisotopic (exact) mass is 383 g/mol. The summed E-state index contributed by atoms with van der Waals surface area (Å²) in [6, 6.07) is 11.5. The van der Waals surface area contributed by atoms with Gasteiger partial charge in [-0.05, 0) is 31.4 Å². The molecule has 140 valence electrons. The second-order valence-electron chi connectivity index (χ2n) is 6.19. The van der Waals surface area contributed by atoms with Crippen LogP contribution in [0.3, 0.4) is 0 Å². The Bertz CT molecular complexity index is 837. The summed E-state index contributed by atoms with van der Waals surface area (Å²) in [5.74, 6) is 2.60. The van der Waals surface area contributed by atoms with Crippen molar-refractivity contribution in [2.45, 2.75) is 25.4 Å². The largest absolute Gasteiger partial charge is 0.487 e. The molecule has 4 rings (SSSR count). The van der Waals surface area contributed by atoms with Gasteiger partial charge in [0.25, 0.3) is 0 Å². The first kappa shape index (κ1) is 17.8. The average molecular weight is 383 g/mol. The number of ether oxygens (including phenoxy) is 3. The number of thiazole rings is 1. The molecule has 2 aromatic heterocycles. The first-order valence-corrected chi connectivity index (χ1v) is 9.89. The predicted octanol–water partition coefficient (Wildman–Crippen LogP) is 5.02. The molecule has 0 amide bonds. The molecule has 0 bridgehead atoms. The van der Waals surface area contributed by atoms with Crippen molar-refractivity contribution in [3.05, 3.63) is 54.2 Å². The highest BCUT2D eigenvalue weighted by atomic mass is 32.1. The first-order chi connectivity index (χ1) is 13.4. The summed E-state index contributed by atoms with van der Waals surface area (Å²) in [4.78, 5) is 8.73. The van der Waals surface area contributed by atoms with E-state index in [-0.39, 0.29) is 6.10 Å². The Labute approximate surface area is 162 Å². The SMILES string of the molecule is c1ccc(Oc2cnc(Nc3nccs3)c(OCC3CCCCO3)c2)cc1. The van der Waals surface area contributed by atoms with E-state index in [1.165, 1.54) is 17.8 Å². The molecule has 0 spiro atoms. The van der Waals surface area contributed by atoms with Crippen LogP contribution in [0, 0.1) is 0 Å². The Morgan fingerprint density at radius 2 is 2.07 bits per heavy atom. The lowest BCUT2D eigenvalue weighted by Crippen LogP contribution is -2.26. The Morgan fingerprint density at radius 3 is 2.85 bits per heavy atom. The van der Waals surface area contributed by atoms with E-state index in [1.807, 2.05) is 41.8 Å². The smallest absolute Gasteiger partial charge is 0.188 e. The van der Waals surface area contributed by atoms with Crippen LogP contribution in [-0.2, 0) is 4.74 Å². The summed E-state index contributed by atoms with van der Waals surface area (Å²) < 4.78 is 17.7. The maximum Gasteiger partial charge on any atom is 0.188 e. The molecule has 6 nitrogen and oxygen atoms in total. The fourth-order valence-corrected chi connectivity index (χ4v) is 3.35. The number of benzene rings is 1. The first-order valence-electron chi connectivity index (χ1n) is 9.01. The molecule has 3 heterocycles. The number of para-hydroxylation sites is 1. The van der Waals surface area contributed by atoms with Crippen molar-refractivity contribution in [1.29, 1.82) is 0 Å². The van der Waals surface area contributed by atoms with Crippen molar-refractivity contribution >= 4 is 22.3 Å². The van der Waals surface area contributed by atoms with E-state index < -0.39 is 0 Å². The quantitative estimate of drug-likeness (QED) is 0.618. The van der Waals surface area contributed by atoms with Gasteiger partial charge in [-0.1, -0.05) is 18.2 Å². The Kier molecular flexibility index (Phi) is 5.81. The van der Waals surface area contributed by atoms with E-state index in [9.17, 15) is 0 Å². The van der Waals surface area contributed by atoms with Gasteiger partial charge >= 0.3 is 0 Å². The van der Waals surface area contributed by atoms with Gasteiger partial charge in [0.15, 0.2) is 16.7 Å². The van der Waals surface area contributed by atoms with Gasteiger partial charge in [0.2, 0.25) is 0 Å². The van der Waals surface area contributed by atoms with Crippen molar-refractivity contribution in [3.8, 4) is 17.2 Å². The van der Waals surface area contributed by atoms with Crippen molar-refractivity contribution in [2.24, 2.45) is 0 Å². The molecule has 1 atom stereocenters. The van der Waals surface area contributed by atoms with Crippen LogP contribution in [0.5, 0.6) is 17.2 Å². The second kappa shape index (κ2) is 8.83. The van der Waals surface area contributed by atoms with E-state index >= 15 is 0 Å². The standard InChI is InChI=1S/C20H21N3O3S/c1-2-6-15(7-3-1)26-17-12-18(25-14-16-8-4-5-10-24-16)19(22-13-17)23-20-21-9-11-27-20/h1-3,6-7,9,11-13,16H,4-5,8,10,14H2,(H,21,22,23). The minimum atomic E-state index is 0.116. The summed E-state index contributed by atoms with van der Waals surface area (Å²) >= 11 is 1.51.